The van der Waals surface area contributed by atoms with Crippen LogP contribution in [-0.4, -0.2) is 38.9 Å². The van der Waals surface area contributed by atoms with Gasteiger partial charge in [0.2, 0.25) is 0 Å². The molecule has 0 aliphatic rings. The van der Waals surface area contributed by atoms with Gasteiger partial charge < -0.3 is 14.9 Å². The summed E-state index contributed by atoms with van der Waals surface area (Å²) in [7, 11) is 0. The molecule has 0 aliphatic carbocycles. The van der Waals surface area contributed by atoms with E-state index in [2.05, 4.69) is 4.98 Å². The Labute approximate surface area is 124 Å². The van der Waals surface area contributed by atoms with E-state index in [1.807, 2.05) is 0 Å². The summed E-state index contributed by atoms with van der Waals surface area (Å²) in [6.07, 6.45) is 1.31. The Morgan fingerprint density at radius 3 is 2.86 bits per heavy atom. The second kappa shape index (κ2) is 6.11. The first kappa shape index (κ1) is 15.3. The third-order valence-electron chi connectivity index (χ3n) is 2.84. The lowest BCUT2D eigenvalue weighted by Gasteiger charge is -2.12. The number of aromatic hydroxyl groups is 1. The summed E-state index contributed by atoms with van der Waals surface area (Å²) in [5.74, 6) is -1.47. The number of aliphatic hydroxyl groups excluding tert-OH is 1. The molecule has 0 spiro atoms. The van der Waals surface area contributed by atoms with Gasteiger partial charge in [0.15, 0.2) is 5.56 Å². The predicted molar refractivity (Wildman–Crippen MR) is 75.7 cm³/mol. The van der Waals surface area contributed by atoms with Crippen molar-refractivity contribution in [3.05, 3.63) is 33.2 Å². The Morgan fingerprint density at radius 1 is 1.52 bits per heavy atom. The monoisotopic (exact) mass is 312 g/mol. The summed E-state index contributed by atoms with van der Waals surface area (Å²) in [5, 5.41) is 19.6. The quantitative estimate of drug-likeness (QED) is 0.814. The van der Waals surface area contributed by atoms with Crippen LogP contribution in [0.2, 0.25) is 5.02 Å². The van der Waals surface area contributed by atoms with Crippen molar-refractivity contribution in [2.45, 2.75) is 13.5 Å². The molecule has 0 saturated carbocycles. The average Bonchev–Trinajstić information content (AvgIpc) is 2.44. The van der Waals surface area contributed by atoms with Crippen LogP contribution in [0.5, 0.6) is 5.75 Å². The minimum atomic E-state index is -0.937. The molecule has 7 nitrogen and oxygen atoms in total. The molecule has 8 heteroatoms. The summed E-state index contributed by atoms with van der Waals surface area (Å²) in [5.41, 5.74) is -1.15. The van der Waals surface area contributed by atoms with Crippen LogP contribution in [0.4, 0.5) is 0 Å². The van der Waals surface area contributed by atoms with E-state index >= 15 is 0 Å². The highest BCUT2D eigenvalue weighted by molar-refractivity contribution is 6.31. The lowest BCUT2D eigenvalue weighted by Crippen LogP contribution is -2.29. The van der Waals surface area contributed by atoms with Crippen molar-refractivity contribution in [1.29, 1.82) is 0 Å². The summed E-state index contributed by atoms with van der Waals surface area (Å²) >= 11 is 5.83. The predicted octanol–water partition coefficient (Wildman–Crippen LogP) is 0.924. The molecule has 0 aliphatic heterocycles. The van der Waals surface area contributed by atoms with Crippen LogP contribution >= 0.6 is 11.6 Å². The van der Waals surface area contributed by atoms with E-state index in [4.69, 9.17) is 21.4 Å². The largest absolute Gasteiger partial charge is 0.506 e. The standard InChI is InChI=1S/C13H13ClN2O5/c1-2-21-13(20)9-10(18)8-5-7(14)6-15-11(8)16(3-4-17)12(9)19/h5-6,17-18H,2-4H2,1H3. The molecule has 2 rings (SSSR count). The Morgan fingerprint density at radius 2 is 2.24 bits per heavy atom. The number of rotatable bonds is 4. The van der Waals surface area contributed by atoms with Crippen molar-refractivity contribution < 1.29 is 19.7 Å². The van der Waals surface area contributed by atoms with Crippen molar-refractivity contribution in [3.8, 4) is 5.75 Å². The molecule has 0 bridgehead atoms. The number of pyridine rings is 2. The molecule has 2 heterocycles. The molecular weight excluding hydrogens is 300 g/mol. The number of esters is 1. The second-order valence-electron chi connectivity index (χ2n) is 4.15. The third-order valence-corrected chi connectivity index (χ3v) is 3.05. The van der Waals surface area contributed by atoms with Crippen LogP contribution in [0.3, 0.4) is 0 Å². The maximum Gasteiger partial charge on any atom is 0.347 e. The van der Waals surface area contributed by atoms with Crippen molar-refractivity contribution in [1.82, 2.24) is 9.55 Å². The van der Waals surface area contributed by atoms with E-state index in [0.717, 1.165) is 4.57 Å². The molecule has 0 saturated heterocycles. The molecule has 0 aromatic carbocycles. The van der Waals surface area contributed by atoms with Gasteiger partial charge in [-0.1, -0.05) is 11.6 Å². The fourth-order valence-electron chi connectivity index (χ4n) is 1.98. The Bertz CT molecular complexity index is 756. The van der Waals surface area contributed by atoms with Gasteiger partial charge in [-0.3, -0.25) is 9.36 Å². The zero-order valence-corrected chi connectivity index (χ0v) is 11.9. The fourth-order valence-corrected chi connectivity index (χ4v) is 2.14. The lowest BCUT2D eigenvalue weighted by atomic mass is 10.1. The normalized spacial score (nSPS) is 10.8. The van der Waals surface area contributed by atoms with Crippen LogP contribution in [-0.2, 0) is 11.3 Å². The van der Waals surface area contributed by atoms with E-state index in [0.29, 0.717) is 0 Å². The maximum atomic E-state index is 12.3. The smallest absolute Gasteiger partial charge is 0.347 e. The molecule has 0 amide bonds. The highest BCUT2D eigenvalue weighted by Crippen LogP contribution is 2.27. The average molecular weight is 313 g/mol. The van der Waals surface area contributed by atoms with Crippen LogP contribution in [0.15, 0.2) is 17.1 Å². The zero-order chi connectivity index (χ0) is 15.6. The Balaban J connectivity index is 2.86. The summed E-state index contributed by atoms with van der Waals surface area (Å²) < 4.78 is 5.87. The second-order valence-corrected chi connectivity index (χ2v) is 4.59. The maximum absolute atomic E-state index is 12.3. The number of aliphatic hydroxyl groups is 1. The number of carbonyl (C=O) groups excluding carboxylic acids is 1. The van der Waals surface area contributed by atoms with Gasteiger partial charge in [-0.25, -0.2) is 9.78 Å². The van der Waals surface area contributed by atoms with E-state index in [9.17, 15) is 14.7 Å². The van der Waals surface area contributed by atoms with Crippen LogP contribution in [0.25, 0.3) is 11.0 Å². The van der Waals surface area contributed by atoms with Gasteiger partial charge in [0, 0.05) is 6.20 Å². The number of hydrogen-bond acceptors (Lipinski definition) is 6. The van der Waals surface area contributed by atoms with Gasteiger partial charge in [0.05, 0.1) is 30.2 Å². The molecule has 0 radical (unpaired) electrons. The number of halogens is 1. The van der Waals surface area contributed by atoms with Crippen molar-refractivity contribution in [3.63, 3.8) is 0 Å². The number of aromatic nitrogens is 2. The first-order valence-electron chi connectivity index (χ1n) is 6.20. The highest BCUT2D eigenvalue weighted by atomic mass is 35.5. The van der Waals surface area contributed by atoms with Gasteiger partial charge in [0.25, 0.3) is 5.56 Å². The summed E-state index contributed by atoms with van der Waals surface area (Å²) in [6.45, 7) is 1.24. The summed E-state index contributed by atoms with van der Waals surface area (Å²) in [6, 6.07) is 1.38. The number of carbonyl (C=O) groups is 1. The SMILES string of the molecule is CCOC(=O)c1c(O)c2cc(Cl)cnc2n(CCO)c1=O. The molecule has 0 fully saturated rings. The van der Waals surface area contributed by atoms with Gasteiger partial charge in [0.1, 0.15) is 11.4 Å². The molecule has 2 aromatic rings. The van der Waals surface area contributed by atoms with E-state index < -0.39 is 22.8 Å². The zero-order valence-electron chi connectivity index (χ0n) is 11.2. The number of fused-ring (bicyclic) bond motifs is 1. The van der Waals surface area contributed by atoms with Gasteiger partial charge in [-0.2, -0.15) is 0 Å². The van der Waals surface area contributed by atoms with E-state index in [-0.39, 0.29) is 35.8 Å². The molecule has 0 atom stereocenters. The van der Waals surface area contributed by atoms with E-state index in [1.54, 1.807) is 6.92 Å². The van der Waals surface area contributed by atoms with Crippen molar-refractivity contribution in [2.24, 2.45) is 0 Å². The van der Waals surface area contributed by atoms with Gasteiger partial charge >= 0.3 is 5.97 Å². The van der Waals surface area contributed by atoms with Crippen LogP contribution in [0, 0.1) is 0 Å². The Hall–Kier alpha value is -2.12. The molecular formula is C13H13ClN2O5. The highest BCUT2D eigenvalue weighted by Gasteiger charge is 2.23. The molecule has 2 aromatic heterocycles. The summed E-state index contributed by atoms with van der Waals surface area (Å²) in [4.78, 5) is 28.1. The molecule has 112 valence electrons. The van der Waals surface area contributed by atoms with Crippen LogP contribution < -0.4 is 5.56 Å². The number of hydrogen-bond donors (Lipinski definition) is 2. The Kier molecular flexibility index (Phi) is 4.44. The number of nitrogens with zero attached hydrogens (tertiary/aromatic N) is 2. The first-order chi connectivity index (χ1) is 10.0. The lowest BCUT2D eigenvalue weighted by molar-refractivity contribution is 0.0520. The minimum Gasteiger partial charge on any atom is -0.506 e. The van der Waals surface area contributed by atoms with Crippen molar-refractivity contribution >= 4 is 28.6 Å². The molecule has 0 unspecified atom stereocenters. The first-order valence-corrected chi connectivity index (χ1v) is 6.58. The van der Waals surface area contributed by atoms with Crippen LogP contribution in [0.1, 0.15) is 17.3 Å². The van der Waals surface area contributed by atoms with E-state index in [1.165, 1.54) is 12.3 Å². The third kappa shape index (κ3) is 2.70. The van der Waals surface area contributed by atoms with Gasteiger partial charge in [-0.15, -0.1) is 0 Å². The minimum absolute atomic E-state index is 0.0591. The number of ether oxygens (including phenoxy) is 1. The topological polar surface area (TPSA) is 102 Å². The van der Waals surface area contributed by atoms with Crippen molar-refractivity contribution in [2.75, 3.05) is 13.2 Å². The molecule has 2 N–H and O–H groups in total. The molecule has 21 heavy (non-hydrogen) atoms. The fraction of sp³-hybridized carbons (Fsp3) is 0.308. The van der Waals surface area contributed by atoms with Gasteiger partial charge in [-0.05, 0) is 13.0 Å².